The van der Waals surface area contributed by atoms with Crippen molar-refractivity contribution < 1.29 is 29.0 Å². The Balaban J connectivity index is 1.41. The van der Waals surface area contributed by atoms with E-state index in [1.54, 1.807) is 17.0 Å². The summed E-state index contributed by atoms with van der Waals surface area (Å²) in [6.07, 6.45) is 3.29. The molecule has 2 aromatic carbocycles. The van der Waals surface area contributed by atoms with E-state index < -0.39 is 23.7 Å². The van der Waals surface area contributed by atoms with Gasteiger partial charge in [0, 0.05) is 30.6 Å². The molecule has 1 saturated heterocycles. The topological polar surface area (TPSA) is 125 Å². The van der Waals surface area contributed by atoms with Crippen LogP contribution in [0.15, 0.2) is 54.6 Å². The molecule has 2 fully saturated rings. The number of carboxylic acid groups (broad SMARTS) is 1. The maximum atomic E-state index is 13.8. The Labute approximate surface area is 235 Å². The maximum absolute atomic E-state index is 13.8. The van der Waals surface area contributed by atoms with Gasteiger partial charge in [0.05, 0.1) is 5.56 Å². The van der Waals surface area contributed by atoms with Crippen LogP contribution in [0.4, 0.5) is 10.5 Å². The number of anilines is 1. The highest BCUT2D eigenvalue weighted by molar-refractivity contribution is 5.99. The van der Waals surface area contributed by atoms with E-state index in [2.05, 4.69) is 10.6 Å². The van der Waals surface area contributed by atoms with Gasteiger partial charge in [0.15, 0.2) is 0 Å². The molecule has 3 N–H and O–H groups in total. The van der Waals surface area contributed by atoms with Crippen LogP contribution in [-0.2, 0) is 14.3 Å². The van der Waals surface area contributed by atoms with E-state index in [9.17, 15) is 19.2 Å². The first-order valence-electron chi connectivity index (χ1n) is 14.0. The first-order chi connectivity index (χ1) is 19.0. The van der Waals surface area contributed by atoms with Crippen molar-refractivity contribution in [1.82, 2.24) is 10.2 Å². The minimum atomic E-state index is -1.04. The summed E-state index contributed by atoms with van der Waals surface area (Å²) in [5, 5.41) is 14.9. The van der Waals surface area contributed by atoms with E-state index in [4.69, 9.17) is 9.84 Å². The van der Waals surface area contributed by atoms with Crippen molar-refractivity contribution in [3.63, 3.8) is 0 Å². The molecule has 0 aromatic heterocycles. The molecule has 4 rings (SSSR count). The number of alkyl carbamates (subject to hydrolysis) is 1. The van der Waals surface area contributed by atoms with Crippen LogP contribution in [0.25, 0.3) is 0 Å². The number of carbonyl (C=O) groups excluding carboxylic acids is 3. The molecule has 1 saturated carbocycles. The second-order valence-corrected chi connectivity index (χ2v) is 11.8. The predicted octanol–water partition coefficient (Wildman–Crippen LogP) is 5.04. The molecule has 40 heavy (non-hydrogen) atoms. The number of hydrogen-bond acceptors (Lipinski definition) is 5. The van der Waals surface area contributed by atoms with E-state index in [-0.39, 0.29) is 35.1 Å². The minimum absolute atomic E-state index is 0.00152. The van der Waals surface area contributed by atoms with Crippen LogP contribution >= 0.6 is 0 Å². The number of hydrogen-bond donors (Lipinski definition) is 3. The van der Waals surface area contributed by atoms with Gasteiger partial charge in [-0.3, -0.25) is 9.59 Å². The molecular weight excluding hydrogens is 510 g/mol. The molecule has 0 spiro atoms. The SMILES string of the molecule is CC(C)(C)OC(=O)NCC1CCC(C(=O)N2CC[C@@H](c3ccccc3)[C@@H]2C(=O)Nc2ccc(C(=O)O)cc2)CC1. The van der Waals surface area contributed by atoms with Crippen LogP contribution in [0.2, 0.25) is 0 Å². The lowest BCUT2D eigenvalue weighted by atomic mass is 9.81. The molecule has 0 unspecified atom stereocenters. The smallest absolute Gasteiger partial charge is 0.407 e. The molecule has 9 nitrogen and oxygen atoms in total. The molecule has 2 atom stereocenters. The lowest BCUT2D eigenvalue weighted by Gasteiger charge is -2.34. The lowest BCUT2D eigenvalue weighted by molar-refractivity contribution is -0.141. The molecular formula is C31H39N3O6. The standard InChI is InChI=1S/C31H39N3O6/c1-31(2,3)40-30(39)32-19-20-9-11-22(12-10-20)28(36)34-18-17-25(21-7-5-4-6-8-21)26(34)27(35)33-24-15-13-23(14-16-24)29(37)38/h4-8,13-16,20,22,25-26H,9-12,17-19H2,1-3H3,(H,32,39)(H,33,35)(H,37,38)/t20?,22?,25-,26+/m0/s1. The number of nitrogens with zero attached hydrogens (tertiary/aromatic N) is 1. The molecule has 1 aliphatic heterocycles. The number of likely N-dealkylation sites (tertiary alicyclic amines) is 1. The fourth-order valence-electron chi connectivity index (χ4n) is 5.72. The number of carboxylic acids is 1. The predicted molar refractivity (Wildman–Crippen MR) is 151 cm³/mol. The first-order valence-corrected chi connectivity index (χ1v) is 14.0. The monoisotopic (exact) mass is 549 g/mol. The molecule has 2 aliphatic rings. The Morgan fingerprint density at radius 2 is 1.57 bits per heavy atom. The highest BCUT2D eigenvalue weighted by atomic mass is 16.6. The van der Waals surface area contributed by atoms with Crippen molar-refractivity contribution >= 4 is 29.6 Å². The summed E-state index contributed by atoms with van der Waals surface area (Å²) < 4.78 is 5.32. The van der Waals surface area contributed by atoms with Crippen LogP contribution < -0.4 is 10.6 Å². The summed E-state index contributed by atoms with van der Waals surface area (Å²) in [4.78, 5) is 52.4. The highest BCUT2D eigenvalue weighted by Gasteiger charge is 2.44. The van der Waals surface area contributed by atoms with Gasteiger partial charge in [-0.25, -0.2) is 9.59 Å². The second-order valence-electron chi connectivity index (χ2n) is 11.8. The molecule has 3 amide bonds. The minimum Gasteiger partial charge on any atom is -0.478 e. The van der Waals surface area contributed by atoms with Crippen molar-refractivity contribution in [2.45, 2.75) is 70.4 Å². The van der Waals surface area contributed by atoms with Crippen molar-refractivity contribution in [1.29, 1.82) is 0 Å². The first kappa shape index (κ1) is 29.1. The Morgan fingerprint density at radius 1 is 0.925 bits per heavy atom. The van der Waals surface area contributed by atoms with Crippen LogP contribution in [0.3, 0.4) is 0 Å². The van der Waals surface area contributed by atoms with Crippen molar-refractivity contribution in [2.75, 3.05) is 18.4 Å². The Kier molecular flexibility index (Phi) is 9.12. The number of ether oxygens (including phenoxy) is 1. The fourth-order valence-corrected chi connectivity index (χ4v) is 5.72. The normalized spacial score (nSPS) is 22.8. The summed E-state index contributed by atoms with van der Waals surface area (Å²) >= 11 is 0. The fraction of sp³-hybridized carbons (Fsp3) is 0.484. The molecule has 0 bridgehead atoms. The maximum Gasteiger partial charge on any atom is 0.407 e. The number of aromatic carboxylic acids is 1. The third-order valence-electron chi connectivity index (χ3n) is 7.71. The summed E-state index contributed by atoms with van der Waals surface area (Å²) in [6, 6.07) is 15.1. The Hall–Kier alpha value is -3.88. The van der Waals surface area contributed by atoms with Gasteiger partial charge in [-0.1, -0.05) is 30.3 Å². The number of amides is 3. The molecule has 1 aliphatic carbocycles. The molecule has 2 aromatic rings. The van der Waals surface area contributed by atoms with Crippen LogP contribution in [0, 0.1) is 11.8 Å². The van der Waals surface area contributed by atoms with Crippen LogP contribution in [0.5, 0.6) is 0 Å². The summed E-state index contributed by atoms with van der Waals surface area (Å²) in [5.41, 5.74) is 1.08. The zero-order valence-electron chi connectivity index (χ0n) is 23.4. The highest BCUT2D eigenvalue weighted by Crippen LogP contribution is 2.38. The van der Waals surface area contributed by atoms with Crippen molar-refractivity contribution in [2.24, 2.45) is 11.8 Å². The molecule has 214 valence electrons. The Morgan fingerprint density at radius 3 is 2.17 bits per heavy atom. The van der Waals surface area contributed by atoms with Gasteiger partial charge in [-0.2, -0.15) is 0 Å². The Bertz CT molecular complexity index is 1200. The largest absolute Gasteiger partial charge is 0.478 e. The average Bonchev–Trinajstić information content (AvgIpc) is 3.37. The molecule has 0 radical (unpaired) electrons. The molecule has 1 heterocycles. The number of rotatable bonds is 7. The summed E-state index contributed by atoms with van der Waals surface area (Å²) in [7, 11) is 0. The number of nitrogens with one attached hydrogen (secondary N) is 2. The summed E-state index contributed by atoms with van der Waals surface area (Å²) in [6.45, 7) is 6.49. The number of carbonyl (C=O) groups is 4. The van der Waals surface area contributed by atoms with Gasteiger partial charge in [0.25, 0.3) is 0 Å². The second kappa shape index (κ2) is 12.5. The van der Waals surface area contributed by atoms with E-state index >= 15 is 0 Å². The van der Waals surface area contributed by atoms with E-state index in [0.29, 0.717) is 38.0 Å². The average molecular weight is 550 g/mol. The van der Waals surface area contributed by atoms with E-state index in [1.807, 2.05) is 51.1 Å². The summed E-state index contributed by atoms with van der Waals surface area (Å²) in [5.74, 6) is -1.35. The van der Waals surface area contributed by atoms with Gasteiger partial charge >= 0.3 is 12.1 Å². The van der Waals surface area contributed by atoms with Gasteiger partial charge in [0.2, 0.25) is 11.8 Å². The molecule has 9 heteroatoms. The lowest BCUT2D eigenvalue weighted by Crippen LogP contribution is -2.48. The van der Waals surface area contributed by atoms with Gasteiger partial charge < -0.3 is 25.4 Å². The zero-order valence-corrected chi connectivity index (χ0v) is 23.4. The third-order valence-corrected chi connectivity index (χ3v) is 7.71. The third kappa shape index (κ3) is 7.40. The van der Waals surface area contributed by atoms with E-state index in [1.165, 1.54) is 12.1 Å². The van der Waals surface area contributed by atoms with Gasteiger partial charge in [0.1, 0.15) is 11.6 Å². The number of benzene rings is 2. The van der Waals surface area contributed by atoms with Crippen LogP contribution in [-0.4, -0.2) is 58.6 Å². The van der Waals surface area contributed by atoms with Gasteiger partial charge in [-0.15, -0.1) is 0 Å². The quantitative estimate of drug-likeness (QED) is 0.444. The van der Waals surface area contributed by atoms with Gasteiger partial charge in [-0.05, 0) is 88.6 Å². The van der Waals surface area contributed by atoms with Crippen molar-refractivity contribution in [3.8, 4) is 0 Å². The van der Waals surface area contributed by atoms with E-state index in [0.717, 1.165) is 18.4 Å². The van der Waals surface area contributed by atoms with Crippen molar-refractivity contribution in [3.05, 3.63) is 65.7 Å². The van der Waals surface area contributed by atoms with Crippen LogP contribution in [0.1, 0.15) is 74.7 Å². The zero-order chi connectivity index (χ0) is 28.9.